The van der Waals surface area contributed by atoms with Gasteiger partial charge in [-0.1, -0.05) is 30.6 Å². The van der Waals surface area contributed by atoms with Gasteiger partial charge in [0.2, 0.25) is 5.13 Å². The minimum atomic E-state index is 0.329. The Labute approximate surface area is 100 Å². The third-order valence-electron chi connectivity index (χ3n) is 3.90. The van der Waals surface area contributed by atoms with Crippen LogP contribution in [0.1, 0.15) is 32.1 Å². The summed E-state index contributed by atoms with van der Waals surface area (Å²) in [7, 11) is 0. The maximum absolute atomic E-state index is 4.26. The molecule has 2 heterocycles. The fourth-order valence-corrected chi connectivity index (χ4v) is 3.78. The zero-order valence-corrected chi connectivity index (χ0v) is 10.3. The molecule has 0 atom stereocenters. The van der Waals surface area contributed by atoms with Gasteiger partial charge in [-0.3, -0.25) is 0 Å². The van der Waals surface area contributed by atoms with E-state index in [0.717, 1.165) is 24.8 Å². The number of nitrogens with zero attached hydrogens (tertiary/aromatic N) is 3. The first-order valence-corrected chi connectivity index (χ1v) is 7.03. The van der Waals surface area contributed by atoms with Crippen molar-refractivity contribution in [2.45, 2.75) is 37.6 Å². The first kappa shape index (κ1) is 10.5. The van der Waals surface area contributed by atoms with E-state index in [1.807, 2.05) is 5.51 Å². The Morgan fingerprint density at radius 1 is 1.31 bits per heavy atom. The summed E-state index contributed by atoms with van der Waals surface area (Å²) in [5, 5.41) is 12.9. The summed E-state index contributed by atoms with van der Waals surface area (Å²) in [6.45, 7) is 3.27. The third kappa shape index (κ3) is 1.72. The lowest BCUT2D eigenvalue weighted by molar-refractivity contribution is 0.240. The number of hydrogen-bond donors (Lipinski definition) is 1. The molecule has 0 aromatic carbocycles. The fraction of sp³-hybridized carbons (Fsp3) is 0.818. The first-order valence-electron chi connectivity index (χ1n) is 6.15. The SMILES string of the molecule is c1nnc(N2CCNCC23CCCCC3)s1. The molecule has 1 aromatic heterocycles. The molecular weight excluding hydrogens is 220 g/mol. The largest absolute Gasteiger partial charge is 0.338 e. The molecule has 1 N–H and O–H groups in total. The van der Waals surface area contributed by atoms with Gasteiger partial charge in [0.15, 0.2) is 0 Å². The monoisotopic (exact) mass is 238 g/mol. The molecule has 0 unspecified atom stereocenters. The van der Waals surface area contributed by atoms with Crippen LogP contribution in [-0.2, 0) is 0 Å². The highest BCUT2D eigenvalue weighted by Crippen LogP contribution is 2.37. The van der Waals surface area contributed by atoms with E-state index < -0.39 is 0 Å². The van der Waals surface area contributed by atoms with E-state index in [1.165, 1.54) is 32.1 Å². The average molecular weight is 238 g/mol. The van der Waals surface area contributed by atoms with Crippen LogP contribution in [0.3, 0.4) is 0 Å². The van der Waals surface area contributed by atoms with Crippen LogP contribution in [0.5, 0.6) is 0 Å². The Hall–Kier alpha value is -0.680. The van der Waals surface area contributed by atoms with Crippen LogP contribution in [0.4, 0.5) is 5.13 Å². The van der Waals surface area contributed by atoms with Crippen LogP contribution in [0.25, 0.3) is 0 Å². The van der Waals surface area contributed by atoms with Gasteiger partial charge < -0.3 is 10.2 Å². The minimum Gasteiger partial charge on any atom is -0.338 e. The van der Waals surface area contributed by atoms with E-state index in [9.17, 15) is 0 Å². The Bertz CT molecular complexity index is 323. The molecule has 0 bridgehead atoms. The summed E-state index contributed by atoms with van der Waals surface area (Å²) in [4.78, 5) is 2.51. The predicted molar refractivity (Wildman–Crippen MR) is 65.9 cm³/mol. The molecule has 3 rings (SSSR count). The standard InChI is InChI=1S/C11H18N4S/c1-2-4-11(5-3-1)8-12-6-7-15(11)10-14-13-9-16-10/h9,12H,1-8H2. The molecule has 0 radical (unpaired) electrons. The summed E-state index contributed by atoms with van der Waals surface area (Å²) < 4.78 is 0. The number of anilines is 1. The van der Waals surface area contributed by atoms with Crippen molar-refractivity contribution >= 4 is 16.5 Å². The lowest BCUT2D eigenvalue weighted by Crippen LogP contribution is -2.62. The summed E-state index contributed by atoms with van der Waals surface area (Å²) in [6.07, 6.45) is 6.72. The molecule has 1 saturated heterocycles. The van der Waals surface area contributed by atoms with E-state index in [1.54, 1.807) is 11.3 Å². The summed E-state index contributed by atoms with van der Waals surface area (Å²) in [6, 6.07) is 0. The van der Waals surface area contributed by atoms with E-state index >= 15 is 0 Å². The number of hydrogen-bond acceptors (Lipinski definition) is 5. The van der Waals surface area contributed by atoms with E-state index in [4.69, 9.17) is 0 Å². The summed E-state index contributed by atoms with van der Waals surface area (Å²) in [5.74, 6) is 0. The van der Waals surface area contributed by atoms with Gasteiger partial charge in [-0.2, -0.15) is 0 Å². The first-order chi connectivity index (χ1) is 7.91. The van der Waals surface area contributed by atoms with Crippen LogP contribution in [0, 0.1) is 0 Å². The van der Waals surface area contributed by atoms with Crippen molar-refractivity contribution in [3.63, 3.8) is 0 Å². The molecule has 2 aliphatic rings. The van der Waals surface area contributed by atoms with Crippen LogP contribution >= 0.6 is 11.3 Å². The van der Waals surface area contributed by atoms with Gasteiger partial charge in [0.05, 0.1) is 5.54 Å². The molecule has 4 nitrogen and oxygen atoms in total. The second-order valence-corrected chi connectivity index (χ2v) is 5.65. The van der Waals surface area contributed by atoms with Crippen molar-refractivity contribution in [3.05, 3.63) is 5.51 Å². The average Bonchev–Trinajstić information content (AvgIpc) is 2.84. The number of piperazine rings is 1. The zero-order valence-electron chi connectivity index (χ0n) is 9.48. The number of rotatable bonds is 1. The Morgan fingerprint density at radius 3 is 2.94 bits per heavy atom. The fourth-order valence-electron chi connectivity index (χ4n) is 3.08. The zero-order chi connectivity index (χ0) is 10.8. The lowest BCUT2D eigenvalue weighted by Gasteiger charge is -2.49. The van der Waals surface area contributed by atoms with Gasteiger partial charge in [0, 0.05) is 19.6 Å². The highest BCUT2D eigenvalue weighted by Gasteiger charge is 2.40. The molecule has 16 heavy (non-hydrogen) atoms. The number of nitrogens with one attached hydrogen (secondary N) is 1. The highest BCUT2D eigenvalue weighted by molar-refractivity contribution is 7.13. The minimum absolute atomic E-state index is 0.329. The second kappa shape index (κ2) is 4.30. The van der Waals surface area contributed by atoms with Gasteiger partial charge in [0.1, 0.15) is 5.51 Å². The molecule has 1 aliphatic heterocycles. The van der Waals surface area contributed by atoms with E-state index in [2.05, 4.69) is 20.4 Å². The third-order valence-corrected chi connectivity index (χ3v) is 4.62. The lowest BCUT2D eigenvalue weighted by atomic mass is 9.79. The molecule has 1 aromatic rings. The molecular formula is C11H18N4S. The summed E-state index contributed by atoms with van der Waals surface area (Å²) >= 11 is 1.67. The predicted octanol–water partition coefficient (Wildman–Crippen LogP) is 1.65. The van der Waals surface area contributed by atoms with Crippen LogP contribution in [0.2, 0.25) is 0 Å². The molecule has 1 saturated carbocycles. The van der Waals surface area contributed by atoms with Crippen LogP contribution < -0.4 is 10.2 Å². The maximum Gasteiger partial charge on any atom is 0.208 e. The molecule has 0 amide bonds. The van der Waals surface area contributed by atoms with Gasteiger partial charge in [-0.25, -0.2) is 0 Å². The second-order valence-electron chi connectivity index (χ2n) is 4.83. The van der Waals surface area contributed by atoms with Crippen molar-refractivity contribution in [2.24, 2.45) is 0 Å². The number of aromatic nitrogens is 2. The van der Waals surface area contributed by atoms with Gasteiger partial charge in [-0.15, -0.1) is 10.2 Å². The Morgan fingerprint density at radius 2 is 2.19 bits per heavy atom. The van der Waals surface area contributed by atoms with Crippen molar-refractivity contribution in [1.82, 2.24) is 15.5 Å². The van der Waals surface area contributed by atoms with Crippen molar-refractivity contribution in [1.29, 1.82) is 0 Å². The molecule has 1 spiro atoms. The van der Waals surface area contributed by atoms with Gasteiger partial charge >= 0.3 is 0 Å². The molecule has 5 heteroatoms. The van der Waals surface area contributed by atoms with E-state index in [0.29, 0.717) is 5.54 Å². The topological polar surface area (TPSA) is 41.1 Å². The Balaban J connectivity index is 1.88. The smallest absolute Gasteiger partial charge is 0.208 e. The van der Waals surface area contributed by atoms with Gasteiger partial charge in [0.25, 0.3) is 0 Å². The van der Waals surface area contributed by atoms with Crippen LogP contribution in [0.15, 0.2) is 5.51 Å². The Kier molecular flexibility index (Phi) is 2.81. The van der Waals surface area contributed by atoms with Gasteiger partial charge in [-0.05, 0) is 12.8 Å². The normalized spacial score (nSPS) is 24.9. The quantitative estimate of drug-likeness (QED) is 0.807. The van der Waals surface area contributed by atoms with Crippen molar-refractivity contribution in [3.8, 4) is 0 Å². The van der Waals surface area contributed by atoms with Crippen molar-refractivity contribution < 1.29 is 0 Å². The molecule has 2 fully saturated rings. The highest BCUT2D eigenvalue weighted by atomic mass is 32.1. The van der Waals surface area contributed by atoms with E-state index in [-0.39, 0.29) is 0 Å². The molecule has 1 aliphatic carbocycles. The molecule has 88 valence electrons. The maximum atomic E-state index is 4.26. The van der Waals surface area contributed by atoms with Crippen LogP contribution in [-0.4, -0.2) is 35.4 Å². The van der Waals surface area contributed by atoms with Crippen molar-refractivity contribution in [2.75, 3.05) is 24.5 Å². The summed E-state index contributed by atoms with van der Waals surface area (Å²) in [5.41, 5.74) is 2.17.